The molecular formula is C13H21FN2O2S2. The van der Waals surface area contributed by atoms with Gasteiger partial charge in [-0.2, -0.15) is 11.8 Å². The summed E-state index contributed by atoms with van der Waals surface area (Å²) in [7, 11) is -3.81. The second kappa shape index (κ2) is 7.97. The number of sulfonamides is 1. The highest BCUT2D eigenvalue weighted by Gasteiger charge is 2.21. The lowest BCUT2D eigenvalue weighted by atomic mass is 10.2. The Hall–Kier alpha value is -0.630. The van der Waals surface area contributed by atoms with E-state index in [0.29, 0.717) is 12.3 Å². The lowest BCUT2D eigenvalue weighted by molar-refractivity contribution is 0.548. The first-order chi connectivity index (χ1) is 9.40. The molecule has 0 aliphatic rings. The Bertz CT molecular complexity index is 535. The van der Waals surface area contributed by atoms with E-state index in [0.717, 1.165) is 12.1 Å². The van der Waals surface area contributed by atoms with Crippen LogP contribution in [-0.2, 0) is 16.6 Å². The van der Waals surface area contributed by atoms with Crippen molar-refractivity contribution in [2.45, 2.75) is 31.3 Å². The molecule has 1 aromatic rings. The zero-order chi connectivity index (χ0) is 15.2. The fourth-order valence-corrected chi connectivity index (χ4v) is 3.75. The molecule has 1 atom stereocenters. The molecule has 2 N–H and O–H groups in total. The van der Waals surface area contributed by atoms with Gasteiger partial charge in [0.05, 0.1) is 0 Å². The average Bonchev–Trinajstić information content (AvgIpc) is 2.35. The number of thioether (sulfide) groups is 1. The van der Waals surface area contributed by atoms with Crippen LogP contribution in [0.4, 0.5) is 4.39 Å². The zero-order valence-electron chi connectivity index (χ0n) is 11.9. The first-order valence-electron chi connectivity index (χ1n) is 6.41. The second-order valence-corrected chi connectivity index (χ2v) is 7.12. The first kappa shape index (κ1) is 17.4. The number of benzene rings is 1. The quantitative estimate of drug-likeness (QED) is 0.769. The summed E-state index contributed by atoms with van der Waals surface area (Å²) in [5.74, 6) is -0.0800. The van der Waals surface area contributed by atoms with Gasteiger partial charge in [0, 0.05) is 18.3 Å². The van der Waals surface area contributed by atoms with Crippen molar-refractivity contribution >= 4 is 21.8 Å². The van der Waals surface area contributed by atoms with Crippen molar-refractivity contribution in [1.29, 1.82) is 0 Å². The summed E-state index contributed by atoms with van der Waals surface area (Å²) in [5, 5.41) is 3.06. The monoisotopic (exact) mass is 320 g/mol. The highest BCUT2D eigenvalue weighted by Crippen LogP contribution is 2.17. The summed E-state index contributed by atoms with van der Waals surface area (Å²) < 4.78 is 40.6. The van der Waals surface area contributed by atoms with E-state index < -0.39 is 15.8 Å². The topological polar surface area (TPSA) is 58.2 Å². The van der Waals surface area contributed by atoms with Gasteiger partial charge in [0.2, 0.25) is 10.0 Å². The molecule has 114 valence electrons. The van der Waals surface area contributed by atoms with Gasteiger partial charge in [0.15, 0.2) is 0 Å². The summed E-state index contributed by atoms with van der Waals surface area (Å²) >= 11 is 1.53. The largest absolute Gasteiger partial charge is 0.313 e. The van der Waals surface area contributed by atoms with Gasteiger partial charge in [0.1, 0.15) is 10.7 Å². The molecule has 0 saturated carbocycles. The summed E-state index contributed by atoms with van der Waals surface area (Å²) in [4.78, 5) is -0.300. The van der Waals surface area contributed by atoms with Crippen LogP contribution in [0.3, 0.4) is 0 Å². The number of nitrogens with one attached hydrogen (secondary N) is 2. The Morgan fingerprint density at radius 3 is 2.65 bits per heavy atom. The van der Waals surface area contributed by atoms with Crippen LogP contribution in [0.1, 0.15) is 19.4 Å². The summed E-state index contributed by atoms with van der Waals surface area (Å²) in [5.41, 5.74) is 0.723. The maximum atomic E-state index is 14.0. The third-order valence-electron chi connectivity index (χ3n) is 2.64. The van der Waals surface area contributed by atoms with E-state index in [1.807, 2.05) is 13.2 Å². The maximum Gasteiger partial charge on any atom is 0.243 e. The molecule has 1 aromatic carbocycles. The molecule has 0 saturated heterocycles. The Kier molecular flexibility index (Phi) is 6.94. The van der Waals surface area contributed by atoms with Crippen molar-refractivity contribution in [3.63, 3.8) is 0 Å². The smallest absolute Gasteiger partial charge is 0.243 e. The Morgan fingerprint density at radius 1 is 1.40 bits per heavy atom. The summed E-state index contributed by atoms with van der Waals surface area (Å²) in [6.07, 6.45) is 1.89. The first-order valence-corrected chi connectivity index (χ1v) is 9.28. The van der Waals surface area contributed by atoms with Crippen LogP contribution in [0.25, 0.3) is 0 Å². The lowest BCUT2D eigenvalue weighted by Gasteiger charge is -2.14. The van der Waals surface area contributed by atoms with E-state index in [2.05, 4.69) is 10.0 Å². The van der Waals surface area contributed by atoms with Gasteiger partial charge >= 0.3 is 0 Å². The van der Waals surface area contributed by atoms with Crippen LogP contribution in [0.5, 0.6) is 0 Å². The summed E-state index contributed by atoms with van der Waals surface area (Å²) in [6.45, 7) is 5.00. The van der Waals surface area contributed by atoms with Gasteiger partial charge in [-0.05, 0) is 37.4 Å². The summed E-state index contributed by atoms with van der Waals surface area (Å²) in [6, 6.07) is 3.96. The number of hydrogen-bond donors (Lipinski definition) is 2. The molecule has 0 aromatic heterocycles. The average molecular weight is 320 g/mol. The van der Waals surface area contributed by atoms with Crippen LogP contribution in [0.2, 0.25) is 0 Å². The van der Waals surface area contributed by atoms with Crippen LogP contribution in [0, 0.1) is 5.82 Å². The molecule has 0 heterocycles. The number of rotatable bonds is 8. The zero-order valence-corrected chi connectivity index (χ0v) is 13.6. The van der Waals surface area contributed by atoms with Gasteiger partial charge < -0.3 is 5.32 Å². The van der Waals surface area contributed by atoms with Crippen molar-refractivity contribution in [1.82, 2.24) is 10.0 Å². The molecule has 0 radical (unpaired) electrons. The minimum absolute atomic E-state index is 0.240. The molecule has 0 amide bonds. The molecule has 0 aliphatic heterocycles. The second-order valence-electron chi connectivity index (χ2n) is 4.52. The van der Waals surface area contributed by atoms with Gasteiger partial charge in [-0.1, -0.05) is 13.0 Å². The van der Waals surface area contributed by atoms with Gasteiger partial charge in [-0.3, -0.25) is 0 Å². The SMILES string of the molecule is CCNCc1ccc(S(=O)(=O)NC(C)CSC)c(F)c1. The Balaban J connectivity index is 2.90. The van der Waals surface area contributed by atoms with E-state index in [-0.39, 0.29) is 10.9 Å². The van der Waals surface area contributed by atoms with Crippen LogP contribution in [-0.4, -0.2) is 33.0 Å². The van der Waals surface area contributed by atoms with Gasteiger partial charge in [-0.25, -0.2) is 17.5 Å². The van der Waals surface area contributed by atoms with Crippen molar-refractivity contribution < 1.29 is 12.8 Å². The molecular weight excluding hydrogens is 299 g/mol. The number of halogens is 1. The van der Waals surface area contributed by atoms with E-state index in [9.17, 15) is 12.8 Å². The maximum absolute atomic E-state index is 14.0. The molecule has 0 aliphatic carbocycles. The van der Waals surface area contributed by atoms with E-state index in [1.165, 1.54) is 23.9 Å². The molecule has 0 spiro atoms. The van der Waals surface area contributed by atoms with E-state index in [4.69, 9.17) is 0 Å². The van der Waals surface area contributed by atoms with Crippen molar-refractivity contribution in [3.05, 3.63) is 29.6 Å². The lowest BCUT2D eigenvalue weighted by Crippen LogP contribution is -2.34. The Labute approximate surface area is 124 Å². The van der Waals surface area contributed by atoms with E-state index >= 15 is 0 Å². The van der Waals surface area contributed by atoms with Crippen LogP contribution < -0.4 is 10.0 Å². The molecule has 0 bridgehead atoms. The highest BCUT2D eigenvalue weighted by atomic mass is 32.2. The standard InChI is InChI=1S/C13H21FN2O2S2/c1-4-15-8-11-5-6-13(12(14)7-11)20(17,18)16-10(2)9-19-3/h5-7,10,15-16H,4,8-9H2,1-3H3. The third-order valence-corrected chi connectivity index (χ3v) is 5.09. The Morgan fingerprint density at radius 2 is 2.10 bits per heavy atom. The molecule has 0 fully saturated rings. The fourth-order valence-electron chi connectivity index (χ4n) is 1.75. The molecule has 7 heteroatoms. The molecule has 1 rings (SSSR count). The van der Waals surface area contributed by atoms with E-state index in [1.54, 1.807) is 13.0 Å². The van der Waals surface area contributed by atoms with Crippen molar-refractivity contribution in [2.75, 3.05) is 18.6 Å². The third kappa shape index (κ3) is 5.05. The van der Waals surface area contributed by atoms with Gasteiger partial charge in [-0.15, -0.1) is 0 Å². The van der Waals surface area contributed by atoms with Crippen molar-refractivity contribution in [2.24, 2.45) is 0 Å². The minimum Gasteiger partial charge on any atom is -0.313 e. The normalized spacial score (nSPS) is 13.4. The molecule has 20 heavy (non-hydrogen) atoms. The van der Waals surface area contributed by atoms with Gasteiger partial charge in [0.25, 0.3) is 0 Å². The highest BCUT2D eigenvalue weighted by molar-refractivity contribution is 7.98. The van der Waals surface area contributed by atoms with Crippen LogP contribution in [0.15, 0.2) is 23.1 Å². The predicted molar refractivity (Wildman–Crippen MR) is 81.9 cm³/mol. The predicted octanol–water partition coefficient (Wildman–Crippen LogP) is 1.97. The fraction of sp³-hybridized carbons (Fsp3) is 0.538. The van der Waals surface area contributed by atoms with Crippen molar-refractivity contribution in [3.8, 4) is 0 Å². The molecule has 4 nitrogen and oxygen atoms in total. The molecule has 1 unspecified atom stereocenters. The minimum atomic E-state index is -3.81. The number of hydrogen-bond acceptors (Lipinski definition) is 4. The van der Waals surface area contributed by atoms with Crippen LogP contribution >= 0.6 is 11.8 Å².